The SMILES string of the molecule is CNCCCC(=O)NCCC(=O)Nc1cc(Br)ccc1C.Cl. The molecule has 22 heavy (non-hydrogen) atoms. The first-order valence-corrected chi connectivity index (χ1v) is 7.79. The van der Waals surface area contributed by atoms with Crippen LogP contribution >= 0.6 is 28.3 Å². The minimum Gasteiger partial charge on any atom is -0.356 e. The maximum absolute atomic E-state index is 11.8. The van der Waals surface area contributed by atoms with Crippen LogP contribution in [0, 0.1) is 6.92 Å². The summed E-state index contributed by atoms with van der Waals surface area (Å²) in [7, 11) is 1.85. The largest absolute Gasteiger partial charge is 0.356 e. The third-order valence-corrected chi connectivity index (χ3v) is 3.47. The van der Waals surface area contributed by atoms with Crippen molar-refractivity contribution in [2.45, 2.75) is 26.2 Å². The van der Waals surface area contributed by atoms with Gasteiger partial charge in [-0.25, -0.2) is 0 Å². The second kappa shape index (κ2) is 11.5. The molecule has 1 aromatic rings. The van der Waals surface area contributed by atoms with E-state index < -0.39 is 0 Å². The highest BCUT2D eigenvalue weighted by molar-refractivity contribution is 9.10. The molecular weight excluding hydrogens is 370 g/mol. The Kier molecular flexibility index (Phi) is 10.9. The smallest absolute Gasteiger partial charge is 0.226 e. The molecule has 2 amide bonds. The fourth-order valence-electron chi connectivity index (χ4n) is 1.77. The molecule has 5 nitrogen and oxygen atoms in total. The van der Waals surface area contributed by atoms with Crippen LogP contribution in [0.2, 0.25) is 0 Å². The molecule has 0 unspecified atom stereocenters. The molecule has 0 saturated heterocycles. The summed E-state index contributed by atoms with van der Waals surface area (Å²) in [5.74, 6) is -0.122. The van der Waals surface area contributed by atoms with E-state index >= 15 is 0 Å². The monoisotopic (exact) mass is 391 g/mol. The zero-order valence-electron chi connectivity index (χ0n) is 12.9. The van der Waals surface area contributed by atoms with Crippen LogP contribution in [0.15, 0.2) is 22.7 Å². The predicted molar refractivity (Wildman–Crippen MR) is 95.5 cm³/mol. The number of rotatable bonds is 8. The van der Waals surface area contributed by atoms with Gasteiger partial charge in [-0.15, -0.1) is 12.4 Å². The maximum Gasteiger partial charge on any atom is 0.226 e. The van der Waals surface area contributed by atoms with Gasteiger partial charge >= 0.3 is 0 Å². The van der Waals surface area contributed by atoms with Crippen molar-refractivity contribution in [3.63, 3.8) is 0 Å². The Labute approximate surface area is 146 Å². The molecule has 1 rings (SSSR count). The molecule has 0 aliphatic rings. The summed E-state index contributed by atoms with van der Waals surface area (Å²) in [5, 5.41) is 8.58. The van der Waals surface area contributed by atoms with E-state index in [4.69, 9.17) is 0 Å². The summed E-state index contributed by atoms with van der Waals surface area (Å²) in [6.45, 7) is 3.11. The van der Waals surface area contributed by atoms with Crippen molar-refractivity contribution in [2.24, 2.45) is 0 Å². The van der Waals surface area contributed by atoms with E-state index in [1.807, 2.05) is 32.2 Å². The molecule has 0 bridgehead atoms. The Morgan fingerprint density at radius 3 is 2.55 bits per heavy atom. The second-order valence-corrected chi connectivity index (χ2v) is 5.73. The average molecular weight is 393 g/mol. The number of aryl methyl sites for hydroxylation is 1. The number of hydrogen-bond donors (Lipinski definition) is 3. The Balaban J connectivity index is 0.00000441. The number of halogens is 2. The van der Waals surface area contributed by atoms with Crippen LogP contribution in [-0.4, -0.2) is 32.0 Å². The molecular formula is C15H23BrClN3O2. The first-order valence-electron chi connectivity index (χ1n) is 7.00. The summed E-state index contributed by atoms with van der Waals surface area (Å²) >= 11 is 3.37. The Morgan fingerprint density at radius 2 is 1.86 bits per heavy atom. The Hall–Kier alpha value is -1.11. The lowest BCUT2D eigenvalue weighted by molar-refractivity contribution is -0.121. The summed E-state index contributed by atoms with van der Waals surface area (Å²) in [6.07, 6.45) is 1.54. The number of benzene rings is 1. The molecule has 0 fully saturated rings. The maximum atomic E-state index is 11.8. The zero-order chi connectivity index (χ0) is 15.7. The highest BCUT2D eigenvalue weighted by Crippen LogP contribution is 2.20. The van der Waals surface area contributed by atoms with Gasteiger partial charge in [-0.05, 0) is 44.6 Å². The molecule has 0 aromatic heterocycles. The molecule has 0 atom stereocenters. The minimum absolute atomic E-state index is 0. The quantitative estimate of drug-likeness (QED) is 0.596. The van der Waals surface area contributed by atoms with Gasteiger partial charge in [0.15, 0.2) is 0 Å². The van der Waals surface area contributed by atoms with Gasteiger partial charge in [0, 0.05) is 29.5 Å². The molecule has 1 aromatic carbocycles. The van der Waals surface area contributed by atoms with Crippen LogP contribution in [0.25, 0.3) is 0 Å². The van der Waals surface area contributed by atoms with Gasteiger partial charge in [-0.1, -0.05) is 22.0 Å². The average Bonchev–Trinajstić information content (AvgIpc) is 2.43. The standard InChI is InChI=1S/C15H22BrN3O2.ClH/c1-11-5-6-12(16)10-13(11)19-15(21)7-9-18-14(20)4-3-8-17-2;/h5-6,10,17H,3-4,7-9H2,1-2H3,(H,18,20)(H,19,21);1H. The Morgan fingerprint density at radius 1 is 1.14 bits per heavy atom. The molecule has 0 heterocycles. The normalized spacial score (nSPS) is 9.77. The first kappa shape index (κ1) is 20.9. The van der Waals surface area contributed by atoms with Crippen molar-refractivity contribution in [3.8, 4) is 0 Å². The molecule has 0 spiro atoms. The number of anilines is 1. The third-order valence-electron chi connectivity index (χ3n) is 2.98. The van der Waals surface area contributed by atoms with E-state index in [-0.39, 0.29) is 30.6 Å². The van der Waals surface area contributed by atoms with Crippen LogP contribution in [0.3, 0.4) is 0 Å². The van der Waals surface area contributed by atoms with Crippen molar-refractivity contribution < 1.29 is 9.59 Å². The molecule has 0 radical (unpaired) electrons. The van der Waals surface area contributed by atoms with Crippen molar-refractivity contribution in [3.05, 3.63) is 28.2 Å². The van der Waals surface area contributed by atoms with Crippen LogP contribution in [0.1, 0.15) is 24.8 Å². The van der Waals surface area contributed by atoms with Crippen molar-refractivity contribution in [1.29, 1.82) is 0 Å². The number of carbonyl (C=O) groups excluding carboxylic acids is 2. The van der Waals surface area contributed by atoms with E-state index in [1.54, 1.807) is 0 Å². The van der Waals surface area contributed by atoms with Gasteiger partial charge < -0.3 is 16.0 Å². The van der Waals surface area contributed by atoms with E-state index in [1.165, 1.54) is 0 Å². The fourth-order valence-corrected chi connectivity index (χ4v) is 2.13. The summed E-state index contributed by atoms with van der Waals surface area (Å²) in [5.41, 5.74) is 1.79. The lowest BCUT2D eigenvalue weighted by Crippen LogP contribution is -2.28. The number of hydrogen-bond acceptors (Lipinski definition) is 3. The number of carbonyl (C=O) groups is 2. The van der Waals surface area contributed by atoms with Gasteiger partial charge in [0.25, 0.3) is 0 Å². The summed E-state index contributed by atoms with van der Waals surface area (Å²) in [6, 6.07) is 5.73. The lowest BCUT2D eigenvalue weighted by Gasteiger charge is -2.09. The van der Waals surface area contributed by atoms with Crippen LogP contribution in [-0.2, 0) is 9.59 Å². The molecule has 0 aliphatic carbocycles. The molecule has 0 saturated carbocycles. The van der Waals surface area contributed by atoms with Gasteiger partial charge in [0.1, 0.15) is 0 Å². The van der Waals surface area contributed by atoms with E-state index in [2.05, 4.69) is 31.9 Å². The second-order valence-electron chi connectivity index (χ2n) is 4.81. The van der Waals surface area contributed by atoms with Gasteiger partial charge in [-0.3, -0.25) is 9.59 Å². The summed E-state index contributed by atoms with van der Waals surface area (Å²) in [4.78, 5) is 23.3. The topological polar surface area (TPSA) is 70.2 Å². The van der Waals surface area contributed by atoms with Crippen molar-refractivity contribution >= 4 is 45.8 Å². The number of nitrogens with one attached hydrogen (secondary N) is 3. The lowest BCUT2D eigenvalue weighted by atomic mass is 10.2. The highest BCUT2D eigenvalue weighted by Gasteiger charge is 2.06. The van der Waals surface area contributed by atoms with Gasteiger partial charge in [-0.2, -0.15) is 0 Å². The molecule has 124 valence electrons. The fraction of sp³-hybridized carbons (Fsp3) is 0.467. The van der Waals surface area contributed by atoms with Crippen LogP contribution in [0.4, 0.5) is 5.69 Å². The van der Waals surface area contributed by atoms with Crippen molar-refractivity contribution in [1.82, 2.24) is 10.6 Å². The molecule has 7 heteroatoms. The van der Waals surface area contributed by atoms with E-state index in [0.717, 1.165) is 28.7 Å². The Bertz CT molecular complexity index is 498. The minimum atomic E-state index is -0.105. The van der Waals surface area contributed by atoms with E-state index in [9.17, 15) is 9.59 Å². The summed E-state index contributed by atoms with van der Waals surface area (Å²) < 4.78 is 0.918. The third kappa shape index (κ3) is 8.36. The predicted octanol–water partition coefficient (Wildman–Crippen LogP) is 2.62. The van der Waals surface area contributed by atoms with Gasteiger partial charge in [0.05, 0.1) is 0 Å². The number of amides is 2. The van der Waals surface area contributed by atoms with Gasteiger partial charge in [0.2, 0.25) is 11.8 Å². The highest BCUT2D eigenvalue weighted by atomic mass is 79.9. The van der Waals surface area contributed by atoms with Crippen molar-refractivity contribution in [2.75, 3.05) is 25.5 Å². The zero-order valence-corrected chi connectivity index (χ0v) is 15.3. The molecule has 3 N–H and O–H groups in total. The van der Waals surface area contributed by atoms with Crippen LogP contribution < -0.4 is 16.0 Å². The van der Waals surface area contributed by atoms with Crippen LogP contribution in [0.5, 0.6) is 0 Å². The molecule has 0 aliphatic heterocycles. The van der Waals surface area contributed by atoms with E-state index in [0.29, 0.717) is 13.0 Å². The first-order chi connectivity index (χ1) is 10.0.